The molecule has 0 N–H and O–H groups in total. The molecule has 1 amide bonds. The van der Waals surface area contributed by atoms with Crippen molar-refractivity contribution in [3.05, 3.63) is 233 Å². The van der Waals surface area contributed by atoms with Gasteiger partial charge in [-0.3, -0.25) is 4.79 Å². The van der Waals surface area contributed by atoms with E-state index in [4.69, 9.17) is 0 Å². The molecule has 7 aromatic rings. The molecule has 53 heavy (non-hydrogen) atoms. The molecule has 8 rings (SSSR count). The van der Waals surface area contributed by atoms with E-state index in [-0.39, 0.29) is 5.91 Å². The number of benzene rings is 7. The number of carbonyl (C=O) groups excluding carboxylic acids is 1. The van der Waals surface area contributed by atoms with Crippen LogP contribution in [0.25, 0.3) is 11.1 Å². The largest absolute Gasteiger partial charge is 0.302 e. The van der Waals surface area contributed by atoms with Gasteiger partial charge < -0.3 is 4.90 Å². The van der Waals surface area contributed by atoms with E-state index < -0.39 is 16.4 Å². The summed E-state index contributed by atoms with van der Waals surface area (Å²) in [4.78, 5) is 17.3. The fraction of sp³-hybridized carbons (Fsp3) is 0.157. The number of aryl methyl sites for hydroxylation is 1. The van der Waals surface area contributed by atoms with Gasteiger partial charge in [0.2, 0.25) is 0 Å². The highest BCUT2D eigenvalue weighted by molar-refractivity contribution is 6.12. The summed E-state index contributed by atoms with van der Waals surface area (Å²) in [5.41, 5.74) is 10.5. The molecule has 1 aliphatic heterocycles. The molecule has 2 heteroatoms. The predicted octanol–water partition coefficient (Wildman–Crippen LogP) is 12.2. The molecular weight excluding hydrogens is 643 g/mol. The summed E-state index contributed by atoms with van der Waals surface area (Å²) in [6.45, 7) is 8.96. The van der Waals surface area contributed by atoms with Gasteiger partial charge in [-0.05, 0) is 83.8 Å². The van der Waals surface area contributed by atoms with Gasteiger partial charge in [-0.1, -0.05) is 188 Å². The van der Waals surface area contributed by atoms with Crippen molar-refractivity contribution < 1.29 is 4.79 Å². The average Bonchev–Trinajstić information content (AvgIpc) is 3.20. The van der Waals surface area contributed by atoms with Crippen molar-refractivity contribution in [1.82, 2.24) is 0 Å². The lowest BCUT2D eigenvalue weighted by atomic mass is 9.61. The monoisotopic (exact) mass is 687 g/mol. The molecule has 1 heterocycles. The topological polar surface area (TPSA) is 20.3 Å². The molecule has 0 saturated carbocycles. The van der Waals surface area contributed by atoms with Gasteiger partial charge in [-0.2, -0.15) is 0 Å². The summed E-state index contributed by atoms with van der Waals surface area (Å²) >= 11 is 0. The van der Waals surface area contributed by atoms with Crippen LogP contribution in [0, 0.1) is 6.92 Å². The third kappa shape index (κ3) is 5.79. The molecule has 0 aromatic heterocycles. The van der Waals surface area contributed by atoms with Crippen molar-refractivity contribution in [2.24, 2.45) is 0 Å². The number of nitrogens with zero attached hydrogens (tertiary/aromatic N) is 1. The summed E-state index contributed by atoms with van der Waals surface area (Å²) in [5, 5.41) is 0. The van der Waals surface area contributed by atoms with Crippen molar-refractivity contribution in [2.45, 2.75) is 50.5 Å². The van der Waals surface area contributed by atoms with Crippen LogP contribution in [0.5, 0.6) is 0 Å². The molecule has 7 aromatic carbocycles. The summed E-state index contributed by atoms with van der Waals surface area (Å²) in [5.74, 6) is 0.00912. The molecule has 1 atom stereocenters. The minimum Gasteiger partial charge on any atom is -0.302 e. The lowest BCUT2D eigenvalue weighted by Gasteiger charge is -2.52. The van der Waals surface area contributed by atoms with Gasteiger partial charge in [-0.25, -0.2) is 0 Å². The fourth-order valence-electron chi connectivity index (χ4n) is 9.06. The van der Waals surface area contributed by atoms with Gasteiger partial charge >= 0.3 is 0 Å². The third-order valence-corrected chi connectivity index (χ3v) is 11.4. The van der Waals surface area contributed by atoms with Crippen LogP contribution in [0.15, 0.2) is 188 Å². The van der Waals surface area contributed by atoms with Crippen LogP contribution < -0.4 is 4.90 Å². The second-order valence-electron chi connectivity index (χ2n) is 15.3. The van der Waals surface area contributed by atoms with E-state index in [1.165, 1.54) is 27.8 Å². The highest BCUT2D eigenvalue weighted by Gasteiger charge is 2.49. The standard InChI is InChI=1S/C51H45NO/c1-37-29-31-39(32-30-37)50(4)36-49(2,3)52(48(53)45-28-18-17-27-44(45)38-19-9-5-10-20-38)47-34-33-43(35-46(47)50)51(40-21-11-6-12-22-40,41-23-13-7-14-24-41)42-25-15-8-16-26-42/h5-35H,36H2,1-4H3/t50-/m0/s1. The van der Waals surface area contributed by atoms with Crippen molar-refractivity contribution in [3.63, 3.8) is 0 Å². The highest BCUT2D eigenvalue weighted by atomic mass is 16.2. The normalized spacial score (nSPS) is 16.5. The number of hydrogen-bond acceptors (Lipinski definition) is 1. The van der Waals surface area contributed by atoms with Crippen molar-refractivity contribution in [1.29, 1.82) is 0 Å². The van der Waals surface area contributed by atoms with E-state index in [1.807, 2.05) is 36.4 Å². The van der Waals surface area contributed by atoms with E-state index in [1.54, 1.807) is 0 Å². The molecule has 0 saturated heterocycles. The summed E-state index contributed by atoms with van der Waals surface area (Å²) in [7, 11) is 0. The van der Waals surface area contributed by atoms with Crippen LogP contribution in [-0.4, -0.2) is 11.4 Å². The Labute approximate surface area is 314 Å². The maximum Gasteiger partial charge on any atom is 0.259 e. The summed E-state index contributed by atoms with van der Waals surface area (Å²) < 4.78 is 0. The molecule has 1 aliphatic rings. The first kappa shape index (κ1) is 34.1. The molecule has 0 fully saturated rings. The first-order valence-corrected chi connectivity index (χ1v) is 18.6. The molecule has 260 valence electrons. The van der Waals surface area contributed by atoms with E-state index in [0.29, 0.717) is 5.56 Å². The number of carbonyl (C=O) groups is 1. The van der Waals surface area contributed by atoms with Crippen molar-refractivity contribution in [2.75, 3.05) is 4.90 Å². The number of amides is 1. The first-order chi connectivity index (χ1) is 25.7. The van der Waals surface area contributed by atoms with E-state index in [9.17, 15) is 0 Å². The first-order valence-electron chi connectivity index (χ1n) is 18.6. The number of rotatable bonds is 7. The van der Waals surface area contributed by atoms with Crippen LogP contribution in [-0.2, 0) is 10.8 Å². The number of anilines is 1. The Morgan fingerprint density at radius 1 is 0.547 bits per heavy atom. The second-order valence-corrected chi connectivity index (χ2v) is 15.3. The van der Waals surface area contributed by atoms with Crippen molar-refractivity contribution >= 4 is 11.6 Å². The highest BCUT2D eigenvalue weighted by Crippen LogP contribution is 2.54. The smallest absolute Gasteiger partial charge is 0.259 e. The Kier molecular flexibility index (Phi) is 8.71. The lowest BCUT2D eigenvalue weighted by Crippen LogP contribution is -2.56. The zero-order valence-corrected chi connectivity index (χ0v) is 31.0. The lowest BCUT2D eigenvalue weighted by molar-refractivity contribution is 0.0949. The molecule has 0 spiro atoms. The minimum absolute atomic E-state index is 0.00912. The third-order valence-electron chi connectivity index (χ3n) is 11.4. The quantitative estimate of drug-likeness (QED) is 0.153. The Morgan fingerprint density at radius 3 is 1.58 bits per heavy atom. The Hall–Kier alpha value is -5.99. The molecule has 0 bridgehead atoms. The molecule has 2 nitrogen and oxygen atoms in total. The van der Waals surface area contributed by atoms with Gasteiger partial charge in [0.1, 0.15) is 0 Å². The number of hydrogen-bond donors (Lipinski definition) is 0. The maximum atomic E-state index is 15.2. The average molecular weight is 688 g/mol. The molecule has 0 aliphatic carbocycles. The maximum absolute atomic E-state index is 15.2. The van der Waals surface area contributed by atoms with E-state index in [2.05, 4.69) is 184 Å². The summed E-state index contributed by atoms with van der Waals surface area (Å²) in [6, 6.07) is 66.8. The minimum atomic E-state index is -0.616. The van der Waals surface area contributed by atoms with Gasteiger partial charge in [0, 0.05) is 22.2 Å². The second kappa shape index (κ2) is 13.5. The Balaban J connectivity index is 1.42. The Morgan fingerprint density at radius 2 is 1.04 bits per heavy atom. The fourth-order valence-corrected chi connectivity index (χ4v) is 9.06. The Bertz CT molecular complexity index is 2270. The molecular formula is C51H45NO. The van der Waals surface area contributed by atoms with Gasteiger partial charge in [0.25, 0.3) is 5.91 Å². The van der Waals surface area contributed by atoms with Crippen LogP contribution in [0.3, 0.4) is 0 Å². The zero-order valence-electron chi connectivity index (χ0n) is 31.0. The predicted molar refractivity (Wildman–Crippen MR) is 220 cm³/mol. The van der Waals surface area contributed by atoms with Crippen molar-refractivity contribution in [3.8, 4) is 11.1 Å². The van der Waals surface area contributed by atoms with Crippen LogP contribution in [0.1, 0.15) is 76.5 Å². The SMILES string of the molecule is Cc1ccc([C@]2(C)CC(C)(C)N(C(=O)c3ccccc3-c3ccccc3)c3ccc(C(c4ccccc4)(c4ccccc4)c4ccccc4)cc32)cc1. The van der Waals surface area contributed by atoms with Crippen LogP contribution in [0.2, 0.25) is 0 Å². The van der Waals surface area contributed by atoms with Gasteiger partial charge in [0.05, 0.1) is 5.41 Å². The van der Waals surface area contributed by atoms with Gasteiger partial charge in [0.15, 0.2) is 0 Å². The van der Waals surface area contributed by atoms with E-state index in [0.717, 1.165) is 34.4 Å². The van der Waals surface area contributed by atoms with E-state index >= 15 is 4.79 Å². The molecule has 0 radical (unpaired) electrons. The van der Waals surface area contributed by atoms with Crippen LogP contribution in [0.4, 0.5) is 5.69 Å². The number of fused-ring (bicyclic) bond motifs is 1. The zero-order chi connectivity index (χ0) is 36.6. The van der Waals surface area contributed by atoms with Gasteiger partial charge in [-0.15, -0.1) is 0 Å². The summed E-state index contributed by atoms with van der Waals surface area (Å²) in [6.07, 6.45) is 0.744. The van der Waals surface area contributed by atoms with Crippen LogP contribution >= 0.6 is 0 Å². The molecule has 0 unspecified atom stereocenters.